The highest BCUT2D eigenvalue weighted by Crippen LogP contribution is 2.58. The third kappa shape index (κ3) is 4.34. The minimum Gasteiger partial charge on any atom is -0.387 e. The van der Waals surface area contributed by atoms with Crippen LogP contribution >= 0.6 is 15.6 Å². The van der Waals surface area contributed by atoms with Gasteiger partial charge in [0.2, 0.25) is 0 Å². The van der Waals surface area contributed by atoms with Gasteiger partial charge in [-0.3, -0.25) is 4.52 Å². The molecule has 0 saturated carbocycles. The Morgan fingerprint density at radius 3 is 2.67 bits per heavy atom. The summed E-state index contributed by atoms with van der Waals surface area (Å²) in [5, 5.41) is 21.7. The Bertz CT molecular complexity index is 1070. The van der Waals surface area contributed by atoms with E-state index < -0.39 is 46.3 Å². The molecule has 2 aromatic heterocycles. The number of aliphatic hydroxyl groups is 2. The number of hydrogen-bond acceptors (Lipinski definition) is 10. The van der Waals surface area contributed by atoms with Crippen molar-refractivity contribution in [3.8, 4) is 0 Å². The van der Waals surface area contributed by atoms with Crippen LogP contribution in [0.25, 0.3) is 17.1 Å². The quantitative estimate of drug-likeness (QED) is 0.294. The molecule has 3 rings (SSSR count). The van der Waals surface area contributed by atoms with Crippen LogP contribution < -0.4 is 5.73 Å². The van der Waals surface area contributed by atoms with Gasteiger partial charge in [-0.15, -0.1) is 0 Å². The molecular weight excluding hydrogens is 446 g/mol. The Balaban J connectivity index is 1.89. The summed E-state index contributed by atoms with van der Waals surface area (Å²) in [5.41, 5.74) is 4.77. The lowest BCUT2D eigenvalue weighted by Gasteiger charge is -2.27. The molecule has 2 aromatic rings. The number of nitrogens with two attached hydrogens (primary N) is 1. The largest absolute Gasteiger partial charge is 0.481 e. The Morgan fingerprint density at radius 1 is 1.40 bits per heavy atom. The van der Waals surface area contributed by atoms with Crippen molar-refractivity contribution in [1.29, 1.82) is 0 Å². The molecule has 0 aromatic carbocycles. The standard InChI is InChI=1S/C14H20N4O10P2/c1-3-7-4-18(12-9(7)11(15)16-6-17-12)13-14(2,20)10(19)8(27-13)5-26-30(24,25)28-29(21,22)23/h3-4,6,8,10,13,19-20H,1,5H2,2H3,(H,24,25)(H2,15,16,17)(H2,21,22,23)/t8-,10-,13-,14-/m1/s1. The second-order valence-corrected chi connectivity index (χ2v) is 9.52. The first-order valence-electron chi connectivity index (χ1n) is 8.30. The van der Waals surface area contributed by atoms with Crippen molar-refractivity contribution < 1.29 is 47.6 Å². The van der Waals surface area contributed by atoms with Crippen molar-refractivity contribution in [2.45, 2.75) is 31.0 Å². The molecule has 1 unspecified atom stereocenters. The van der Waals surface area contributed by atoms with Crippen molar-refractivity contribution in [2.75, 3.05) is 12.3 Å². The van der Waals surface area contributed by atoms with Gasteiger partial charge in [-0.2, -0.15) is 4.31 Å². The van der Waals surface area contributed by atoms with Crippen molar-refractivity contribution >= 4 is 38.6 Å². The summed E-state index contributed by atoms with van der Waals surface area (Å²) in [7, 11) is -10.5. The van der Waals surface area contributed by atoms with Crippen LogP contribution in [0.1, 0.15) is 18.7 Å². The van der Waals surface area contributed by atoms with E-state index in [9.17, 15) is 24.2 Å². The fourth-order valence-corrected chi connectivity index (χ4v) is 4.77. The number of aliphatic hydroxyl groups excluding tert-OH is 1. The molecule has 16 heteroatoms. The van der Waals surface area contributed by atoms with Gasteiger partial charge >= 0.3 is 15.6 Å². The number of ether oxygens (including phenoxy) is 1. The van der Waals surface area contributed by atoms with Crippen molar-refractivity contribution in [1.82, 2.24) is 14.5 Å². The summed E-state index contributed by atoms with van der Waals surface area (Å²) in [6.45, 7) is 4.11. The molecule has 1 aliphatic heterocycles. The summed E-state index contributed by atoms with van der Waals surface area (Å²) in [4.78, 5) is 34.7. The van der Waals surface area contributed by atoms with Gasteiger partial charge in [-0.1, -0.05) is 12.7 Å². The third-order valence-corrected chi connectivity index (χ3v) is 6.66. The van der Waals surface area contributed by atoms with E-state index in [4.69, 9.17) is 20.3 Å². The Kier molecular flexibility index (Phi) is 5.95. The van der Waals surface area contributed by atoms with Gasteiger partial charge in [0.15, 0.2) is 6.23 Å². The molecule has 0 aliphatic carbocycles. The predicted molar refractivity (Wildman–Crippen MR) is 101 cm³/mol. The van der Waals surface area contributed by atoms with Gasteiger partial charge < -0.3 is 39.9 Å². The van der Waals surface area contributed by atoms with E-state index >= 15 is 0 Å². The van der Waals surface area contributed by atoms with Gasteiger partial charge in [0.25, 0.3) is 0 Å². The van der Waals surface area contributed by atoms with Gasteiger partial charge in [0.05, 0.1) is 12.0 Å². The molecule has 3 heterocycles. The molecule has 7 N–H and O–H groups in total. The Labute approximate surface area is 169 Å². The Hall–Kier alpha value is -1.70. The van der Waals surface area contributed by atoms with Crippen LogP contribution in [0.2, 0.25) is 0 Å². The number of fused-ring (bicyclic) bond motifs is 1. The minimum absolute atomic E-state index is 0.155. The summed E-state index contributed by atoms with van der Waals surface area (Å²) in [5.74, 6) is 0.155. The van der Waals surface area contributed by atoms with Crippen LogP contribution in [0.5, 0.6) is 0 Å². The molecule has 166 valence electrons. The number of aromatic nitrogens is 3. The van der Waals surface area contributed by atoms with Gasteiger partial charge in [-0.25, -0.2) is 19.1 Å². The van der Waals surface area contributed by atoms with Crippen molar-refractivity contribution in [2.24, 2.45) is 0 Å². The number of phosphoric ester groups is 1. The lowest BCUT2D eigenvalue weighted by molar-refractivity contribution is -0.0947. The van der Waals surface area contributed by atoms with E-state index in [1.807, 2.05) is 0 Å². The SMILES string of the molecule is C=Cc1cn([C@@H]2O[C@H](COP(=O)(O)OP(=O)(O)O)[C@@H](O)[C@@]2(C)O)c2ncnc(N)c12. The van der Waals surface area contributed by atoms with Crippen molar-refractivity contribution in [3.05, 3.63) is 24.7 Å². The summed E-state index contributed by atoms with van der Waals surface area (Å²) < 4.78 is 37.6. The van der Waals surface area contributed by atoms with E-state index in [0.29, 0.717) is 10.9 Å². The van der Waals surface area contributed by atoms with Crippen LogP contribution in [0.15, 0.2) is 19.1 Å². The number of phosphoric acid groups is 2. The average Bonchev–Trinajstić information content (AvgIpc) is 3.08. The van der Waals surface area contributed by atoms with Crippen LogP contribution in [0.3, 0.4) is 0 Å². The fraction of sp³-hybridized carbons (Fsp3) is 0.429. The molecule has 30 heavy (non-hydrogen) atoms. The summed E-state index contributed by atoms with van der Waals surface area (Å²) >= 11 is 0. The molecule has 5 atom stereocenters. The highest BCUT2D eigenvalue weighted by atomic mass is 31.3. The zero-order valence-corrected chi connectivity index (χ0v) is 17.3. The number of nitrogens with zero attached hydrogens (tertiary/aromatic N) is 3. The highest BCUT2D eigenvalue weighted by molar-refractivity contribution is 7.60. The number of rotatable bonds is 7. The molecule has 14 nitrogen and oxygen atoms in total. The molecule has 1 saturated heterocycles. The van der Waals surface area contributed by atoms with Gasteiger partial charge in [-0.05, 0) is 6.92 Å². The Morgan fingerprint density at radius 2 is 2.07 bits per heavy atom. The lowest BCUT2D eigenvalue weighted by Crippen LogP contribution is -2.44. The topological polar surface area (TPSA) is 220 Å². The zero-order chi connectivity index (χ0) is 22.5. The molecule has 0 spiro atoms. The first-order valence-corrected chi connectivity index (χ1v) is 11.3. The third-order valence-electron chi connectivity index (χ3n) is 4.51. The maximum Gasteiger partial charge on any atom is 0.481 e. The summed E-state index contributed by atoms with van der Waals surface area (Å²) in [6.07, 6.45) is -0.0291. The van der Waals surface area contributed by atoms with Crippen LogP contribution in [-0.2, 0) is 22.7 Å². The molecule has 0 radical (unpaired) electrons. The van der Waals surface area contributed by atoms with E-state index in [0.717, 1.165) is 0 Å². The molecule has 0 bridgehead atoms. The van der Waals surface area contributed by atoms with E-state index in [-0.39, 0.29) is 11.5 Å². The van der Waals surface area contributed by atoms with Crippen LogP contribution in [0.4, 0.5) is 5.82 Å². The van der Waals surface area contributed by atoms with Crippen LogP contribution in [-0.4, -0.2) is 63.8 Å². The van der Waals surface area contributed by atoms with Gasteiger partial charge in [0.1, 0.15) is 35.6 Å². The van der Waals surface area contributed by atoms with Gasteiger partial charge in [0, 0.05) is 11.8 Å². The predicted octanol–water partition coefficient (Wildman–Crippen LogP) is -0.108. The van der Waals surface area contributed by atoms with E-state index in [1.165, 1.54) is 30.1 Å². The van der Waals surface area contributed by atoms with E-state index in [2.05, 4.69) is 25.4 Å². The monoisotopic (exact) mass is 466 g/mol. The zero-order valence-electron chi connectivity index (χ0n) is 15.5. The molecular formula is C14H20N4O10P2. The van der Waals surface area contributed by atoms with Crippen molar-refractivity contribution in [3.63, 3.8) is 0 Å². The lowest BCUT2D eigenvalue weighted by atomic mass is 9.96. The highest BCUT2D eigenvalue weighted by Gasteiger charge is 2.54. The average molecular weight is 466 g/mol. The minimum atomic E-state index is -5.31. The number of hydrogen-bond donors (Lipinski definition) is 6. The summed E-state index contributed by atoms with van der Waals surface area (Å²) in [6, 6.07) is 0. The van der Waals surface area contributed by atoms with Crippen LogP contribution in [0, 0.1) is 0 Å². The second-order valence-electron chi connectivity index (χ2n) is 6.69. The smallest absolute Gasteiger partial charge is 0.387 e. The fourth-order valence-electron chi connectivity index (χ4n) is 3.17. The molecule has 1 fully saturated rings. The molecule has 1 aliphatic rings. The number of anilines is 1. The number of nitrogen functional groups attached to an aromatic ring is 1. The normalized spacial score (nSPS) is 29.2. The first-order chi connectivity index (χ1) is 13.8. The first kappa shape index (κ1) is 23.0. The maximum atomic E-state index is 11.6. The second kappa shape index (κ2) is 7.77. The maximum absolute atomic E-state index is 11.6. The molecule has 0 amide bonds. The van der Waals surface area contributed by atoms with E-state index in [1.54, 1.807) is 0 Å².